The van der Waals surface area contributed by atoms with Crippen molar-refractivity contribution in [3.05, 3.63) is 36.2 Å². The van der Waals surface area contributed by atoms with Gasteiger partial charge >= 0.3 is 0 Å². The number of nitrogens with zero attached hydrogens (tertiary/aromatic N) is 2. The zero-order valence-electron chi connectivity index (χ0n) is 7.55. The summed E-state index contributed by atoms with van der Waals surface area (Å²) in [6.45, 7) is 0.417. The van der Waals surface area contributed by atoms with E-state index in [2.05, 4.69) is 4.98 Å². The number of carbonyl (C=O) groups is 1. The monoisotopic (exact) mass is 190 g/mol. The average Bonchev–Trinajstić information content (AvgIpc) is 2.19. The first-order chi connectivity index (χ1) is 6.77. The fourth-order valence-electron chi connectivity index (χ4n) is 1.40. The third kappa shape index (κ3) is 1.71. The van der Waals surface area contributed by atoms with E-state index in [0.29, 0.717) is 17.8 Å². The van der Waals surface area contributed by atoms with Crippen molar-refractivity contribution < 1.29 is 10.0 Å². The Morgan fingerprint density at radius 2 is 2.29 bits per heavy atom. The number of hydrogen-bond donors (Lipinski definition) is 1. The van der Waals surface area contributed by atoms with E-state index in [1.165, 1.54) is 0 Å². The number of rotatable bonds is 1. The Morgan fingerprint density at radius 1 is 1.43 bits per heavy atom. The molecule has 0 atom stereocenters. The zero-order chi connectivity index (χ0) is 9.97. The van der Waals surface area contributed by atoms with Crippen LogP contribution >= 0.6 is 0 Å². The smallest absolute Gasteiger partial charge is 0.181 e. The van der Waals surface area contributed by atoms with Gasteiger partial charge in [0.2, 0.25) is 0 Å². The molecule has 1 N–H and O–H groups in total. The highest BCUT2D eigenvalue weighted by atomic mass is 16.5. The van der Waals surface area contributed by atoms with Crippen molar-refractivity contribution in [3.63, 3.8) is 0 Å². The Bertz CT molecular complexity index is 373. The molecular formula is C10H10N2O2. The van der Waals surface area contributed by atoms with Crippen molar-refractivity contribution in [1.82, 2.24) is 10.0 Å². The molecule has 0 bridgehead atoms. The second kappa shape index (κ2) is 3.69. The van der Waals surface area contributed by atoms with Gasteiger partial charge in [-0.15, -0.1) is 0 Å². The molecule has 14 heavy (non-hydrogen) atoms. The average molecular weight is 190 g/mol. The molecule has 2 heterocycles. The summed E-state index contributed by atoms with van der Waals surface area (Å²) in [5.41, 5.74) is 1.27. The van der Waals surface area contributed by atoms with Crippen LogP contribution in [0.25, 0.3) is 5.57 Å². The number of pyridine rings is 1. The van der Waals surface area contributed by atoms with Gasteiger partial charge in [0.1, 0.15) is 0 Å². The SMILES string of the molecule is O=C1CN(O)CC=C1c1ccccn1. The molecule has 0 radical (unpaired) electrons. The van der Waals surface area contributed by atoms with Crippen LogP contribution in [0.3, 0.4) is 0 Å². The minimum Gasteiger partial charge on any atom is -0.313 e. The van der Waals surface area contributed by atoms with Crippen LogP contribution in [-0.2, 0) is 4.79 Å². The van der Waals surface area contributed by atoms with Gasteiger partial charge < -0.3 is 5.21 Å². The Kier molecular flexibility index (Phi) is 2.39. The van der Waals surface area contributed by atoms with Gasteiger partial charge in [0.05, 0.1) is 12.2 Å². The maximum absolute atomic E-state index is 11.5. The van der Waals surface area contributed by atoms with Crippen molar-refractivity contribution in [2.24, 2.45) is 0 Å². The number of carbonyl (C=O) groups excluding carboxylic acids is 1. The first-order valence-corrected chi connectivity index (χ1v) is 4.36. The Morgan fingerprint density at radius 3 is 2.93 bits per heavy atom. The quantitative estimate of drug-likeness (QED) is 0.709. The molecule has 1 aliphatic rings. The third-order valence-corrected chi connectivity index (χ3v) is 2.07. The molecule has 4 heteroatoms. The lowest BCUT2D eigenvalue weighted by molar-refractivity contribution is -0.130. The minimum absolute atomic E-state index is 0.0441. The van der Waals surface area contributed by atoms with Crippen LogP contribution in [0.2, 0.25) is 0 Å². The van der Waals surface area contributed by atoms with Crippen molar-refractivity contribution in [2.45, 2.75) is 0 Å². The molecule has 0 amide bonds. The highest BCUT2D eigenvalue weighted by Gasteiger charge is 2.19. The molecule has 72 valence electrons. The van der Waals surface area contributed by atoms with Gasteiger partial charge in [-0.25, -0.2) is 0 Å². The van der Waals surface area contributed by atoms with E-state index in [4.69, 9.17) is 5.21 Å². The van der Waals surface area contributed by atoms with Crippen molar-refractivity contribution in [2.75, 3.05) is 13.1 Å². The molecule has 2 rings (SSSR count). The molecule has 0 aromatic carbocycles. The van der Waals surface area contributed by atoms with Crippen molar-refractivity contribution >= 4 is 11.4 Å². The second-order valence-corrected chi connectivity index (χ2v) is 3.10. The van der Waals surface area contributed by atoms with Crippen LogP contribution in [-0.4, -0.2) is 34.1 Å². The first-order valence-electron chi connectivity index (χ1n) is 4.36. The molecule has 0 fully saturated rings. The van der Waals surface area contributed by atoms with E-state index in [1.54, 1.807) is 24.4 Å². The molecule has 0 unspecified atom stereocenters. The Balaban J connectivity index is 2.32. The summed E-state index contributed by atoms with van der Waals surface area (Å²) in [6, 6.07) is 5.42. The fraction of sp³-hybridized carbons (Fsp3) is 0.200. The van der Waals surface area contributed by atoms with Gasteiger partial charge in [-0.3, -0.25) is 9.78 Å². The summed E-state index contributed by atoms with van der Waals surface area (Å²) >= 11 is 0. The maximum Gasteiger partial charge on any atom is 0.181 e. The molecule has 0 saturated carbocycles. The van der Waals surface area contributed by atoms with Crippen LogP contribution in [0.5, 0.6) is 0 Å². The van der Waals surface area contributed by atoms with E-state index >= 15 is 0 Å². The topological polar surface area (TPSA) is 53.4 Å². The lowest BCUT2D eigenvalue weighted by Crippen LogP contribution is -2.31. The lowest BCUT2D eigenvalue weighted by Gasteiger charge is -2.18. The summed E-state index contributed by atoms with van der Waals surface area (Å²) < 4.78 is 0. The van der Waals surface area contributed by atoms with Crippen LogP contribution in [0.1, 0.15) is 5.69 Å². The minimum atomic E-state index is -0.0996. The number of Topliss-reactive ketones (excluding diaryl/α,β-unsaturated/α-hetero) is 1. The van der Waals surface area contributed by atoms with Crippen LogP contribution in [0.15, 0.2) is 30.5 Å². The number of ketones is 1. The Hall–Kier alpha value is -1.52. The van der Waals surface area contributed by atoms with Gasteiger partial charge in [-0.1, -0.05) is 12.1 Å². The van der Waals surface area contributed by atoms with Gasteiger partial charge in [-0.05, 0) is 12.1 Å². The second-order valence-electron chi connectivity index (χ2n) is 3.10. The predicted molar refractivity (Wildman–Crippen MR) is 50.6 cm³/mol. The summed E-state index contributed by atoms with van der Waals surface area (Å²) in [7, 11) is 0. The third-order valence-electron chi connectivity index (χ3n) is 2.07. The normalized spacial score (nSPS) is 18.1. The lowest BCUT2D eigenvalue weighted by atomic mass is 10.0. The standard InChI is InChI=1S/C10H10N2O2/c13-10-7-12(14)6-4-8(10)9-3-1-2-5-11-9/h1-5,14H,6-7H2. The highest BCUT2D eigenvalue weighted by Crippen LogP contribution is 2.16. The molecule has 0 spiro atoms. The fourth-order valence-corrected chi connectivity index (χ4v) is 1.40. The molecule has 0 saturated heterocycles. The van der Waals surface area contributed by atoms with Gasteiger partial charge in [0, 0.05) is 18.3 Å². The van der Waals surface area contributed by atoms with E-state index in [9.17, 15) is 4.79 Å². The summed E-state index contributed by atoms with van der Waals surface area (Å²) in [5, 5.41) is 10.1. The molecule has 1 aromatic heterocycles. The molecule has 0 aliphatic carbocycles. The largest absolute Gasteiger partial charge is 0.313 e. The summed E-state index contributed by atoms with van der Waals surface area (Å²) in [5.74, 6) is -0.0996. The number of hydrogen-bond acceptors (Lipinski definition) is 4. The van der Waals surface area contributed by atoms with Gasteiger partial charge in [0.25, 0.3) is 0 Å². The van der Waals surface area contributed by atoms with Crippen LogP contribution in [0, 0.1) is 0 Å². The van der Waals surface area contributed by atoms with E-state index in [-0.39, 0.29) is 12.3 Å². The Labute approximate surface area is 81.4 Å². The van der Waals surface area contributed by atoms with Crippen LogP contribution in [0.4, 0.5) is 0 Å². The van der Waals surface area contributed by atoms with E-state index < -0.39 is 0 Å². The van der Waals surface area contributed by atoms with E-state index in [1.807, 2.05) is 6.07 Å². The summed E-state index contributed by atoms with van der Waals surface area (Å²) in [4.78, 5) is 15.6. The number of aromatic nitrogens is 1. The van der Waals surface area contributed by atoms with Gasteiger partial charge in [0.15, 0.2) is 5.78 Å². The van der Waals surface area contributed by atoms with Crippen LogP contribution < -0.4 is 0 Å². The zero-order valence-corrected chi connectivity index (χ0v) is 7.55. The van der Waals surface area contributed by atoms with Gasteiger partial charge in [-0.2, -0.15) is 5.06 Å². The first kappa shape index (κ1) is 9.05. The highest BCUT2D eigenvalue weighted by molar-refractivity contribution is 6.21. The molecular weight excluding hydrogens is 180 g/mol. The maximum atomic E-state index is 11.5. The predicted octanol–water partition coefficient (Wildman–Crippen LogP) is 0.739. The molecule has 4 nitrogen and oxygen atoms in total. The van der Waals surface area contributed by atoms with E-state index in [0.717, 1.165) is 5.06 Å². The molecule has 1 aliphatic heterocycles. The molecule has 1 aromatic rings. The summed E-state index contributed by atoms with van der Waals surface area (Å²) in [6.07, 6.45) is 3.34. The number of hydroxylamine groups is 2. The van der Waals surface area contributed by atoms with Crippen molar-refractivity contribution in [1.29, 1.82) is 0 Å². The van der Waals surface area contributed by atoms with Crippen molar-refractivity contribution in [3.8, 4) is 0 Å².